The lowest BCUT2D eigenvalue weighted by Crippen LogP contribution is -2.47. The average molecular weight is 501 g/mol. The number of nitrogens with zero attached hydrogens (tertiary/aromatic N) is 4. The van der Waals surface area contributed by atoms with Crippen molar-refractivity contribution in [1.29, 1.82) is 0 Å². The first kappa shape index (κ1) is 34.8. The third-order valence-electron chi connectivity index (χ3n) is 7.18. The largest absolute Gasteiger partial charge is 0.383 e. The summed E-state index contributed by atoms with van der Waals surface area (Å²) < 4.78 is 10.2. The molecule has 2 aliphatic rings. The zero-order valence-electron chi connectivity index (χ0n) is 25.0. The van der Waals surface area contributed by atoms with Crippen molar-refractivity contribution in [3.63, 3.8) is 0 Å². The van der Waals surface area contributed by atoms with Crippen molar-refractivity contribution >= 4 is 0 Å². The van der Waals surface area contributed by atoms with Crippen molar-refractivity contribution in [2.24, 2.45) is 5.92 Å². The van der Waals surface area contributed by atoms with Crippen LogP contribution in [0.1, 0.15) is 79.6 Å². The Bertz CT molecular complexity index is 411. The van der Waals surface area contributed by atoms with Gasteiger partial charge in [-0.3, -0.25) is 9.80 Å². The van der Waals surface area contributed by atoms with E-state index in [-0.39, 0.29) is 0 Å². The van der Waals surface area contributed by atoms with Crippen LogP contribution >= 0.6 is 0 Å². The van der Waals surface area contributed by atoms with Crippen molar-refractivity contribution in [1.82, 2.24) is 19.6 Å². The van der Waals surface area contributed by atoms with Gasteiger partial charge in [-0.05, 0) is 38.3 Å². The molecule has 6 nitrogen and oxygen atoms in total. The molecule has 1 unspecified atom stereocenters. The Morgan fingerprint density at radius 2 is 0.943 bits per heavy atom. The molecule has 0 aromatic heterocycles. The fourth-order valence-electron chi connectivity index (χ4n) is 4.80. The molecule has 212 valence electrons. The zero-order chi connectivity index (χ0) is 26.2. The van der Waals surface area contributed by atoms with Crippen molar-refractivity contribution in [2.75, 3.05) is 106 Å². The van der Waals surface area contributed by atoms with E-state index in [0.717, 1.165) is 32.2 Å². The zero-order valence-corrected chi connectivity index (χ0v) is 25.0. The van der Waals surface area contributed by atoms with Gasteiger partial charge in [-0.1, -0.05) is 60.3 Å². The molecule has 0 saturated carbocycles. The predicted molar refractivity (Wildman–Crippen MR) is 154 cm³/mol. The normalized spacial score (nSPS) is 18.9. The number of unbranched alkanes of at least 4 members (excludes halogenated alkanes) is 2. The lowest BCUT2D eigenvalue weighted by Gasteiger charge is -2.34. The van der Waals surface area contributed by atoms with Crippen LogP contribution < -0.4 is 0 Å². The van der Waals surface area contributed by atoms with Crippen LogP contribution in [-0.2, 0) is 9.47 Å². The molecule has 35 heavy (non-hydrogen) atoms. The van der Waals surface area contributed by atoms with E-state index in [1.54, 1.807) is 14.2 Å². The number of hydrogen-bond acceptors (Lipinski definition) is 6. The van der Waals surface area contributed by atoms with E-state index in [9.17, 15) is 0 Å². The minimum atomic E-state index is 0.870. The third kappa shape index (κ3) is 19.5. The van der Waals surface area contributed by atoms with E-state index in [4.69, 9.17) is 9.47 Å². The molecule has 0 N–H and O–H groups in total. The summed E-state index contributed by atoms with van der Waals surface area (Å²) in [6.07, 6.45) is 9.58. The molecule has 0 amide bonds. The highest BCUT2D eigenvalue weighted by molar-refractivity contribution is 4.72. The Labute approximate surface area is 220 Å². The fourth-order valence-corrected chi connectivity index (χ4v) is 4.80. The van der Waals surface area contributed by atoms with E-state index in [1.807, 2.05) is 13.8 Å². The third-order valence-corrected chi connectivity index (χ3v) is 7.18. The minimum absolute atomic E-state index is 0.870. The Morgan fingerprint density at radius 3 is 1.31 bits per heavy atom. The molecule has 0 spiro atoms. The first-order chi connectivity index (χ1) is 17.1. The summed E-state index contributed by atoms with van der Waals surface area (Å²) in [6.45, 7) is 27.3. The maximum absolute atomic E-state index is 5.13. The molecule has 0 bridgehead atoms. The molecule has 2 fully saturated rings. The summed E-state index contributed by atoms with van der Waals surface area (Å²) in [5.41, 5.74) is 0. The average Bonchev–Trinajstić information content (AvgIpc) is 2.89. The molecule has 0 radical (unpaired) electrons. The first-order valence-corrected chi connectivity index (χ1v) is 15.0. The molecule has 6 heteroatoms. The van der Waals surface area contributed by atoms with Crippen LogP contribution in [0.25, 0.3) is 0 Å². The molecule has 2 saturated heterocycles. The highest BCUT2D eigenvalue weighted by Gasteiger charge is 2.16. The first-order valence-electron chi connectivity index (χ1n) is 15.0. The van der Waals surface area contributed by atoms with Gasteiger partial charge in [0.15, 0.2) is 0 Å². The van der Waals surface area contributed by atoms with Crippen molar-refractivity contribution < 1.29 is 9.47 Å². The predicted octanol–water partition coefficient (Wildman–Crippen LogP) is 4.93. The monoisotopic (exact) mass is 501 g/mol. The maximum Gasteiger partial charge on any atom is 0.0589 e. The summed E-state index contributed by atoms with van der Waals surface area (Å²) in [7, 11) is 3.56. The lowest BCUT2D eigenvalue weighted by atomic mass is 10.0. The van der Waals surface area contributed by atoms with E-state index >= 15 is 0 Å². The number of rotatable bonds is 16. The van der Waals surface area contributed by atoms with Gasteiger partial charge in [0.25, 0.3) is 0 Å². The molecular weight excluding hydrogens is 436 g/mol. The van der Waals surface area contributed by atoms with Crippen LogP contribution in [0.3, 0.4) is 0 Å². The van der Waals surface area contributed by atoms with Gasteiger partial charge in [-0.2, -0.15) is 0 Å². The minimum Gasteiger partial charge on any atom is -0.383 e. The highest BCUT2D eigenvalue weighted by Crippen LogP contribution is 2.13. The molecule has 2 rings (SSSR count). The van der Waals surface area contributed by atoms with Gasteiger partial charge in [-0.25, -0.2) is 0 Å². The van der Waals surface area contributed by atoms with Crippen LogP contribution in [0, 0.1) is 5.92 Å². The molecule has 1 atom stereocenters. The van der Waals surface area contributed by atoms with Gasteiger partial charge in [0.2, 0.25) is 0 Å². The number of hydrogen-bond donors (Lipinski definition) is 0. The molecule has 0 aromatic rings. The van der Waals surface area contributed by atoms with Crippen LogP contribution in [0.5, 0.6) is 0 Å². The van der Waals surface area contributed by atoms with Crippen LogP contribution in [0.4, 0.5) is 0 Å². The second-order valence-electron chi connectivity index (χ2n) is 10.1. The van der Waals surface area contributed by atoms with E-state index < -0.39 is 0 Å². The summed E-state index contributed by atoms with van der Waals surface area (Å²) in [5, 5.41) is 0. The number of piperazine rings is 2. The van der Waals surface area contributed by atoms with Crippen molar-refractivity contribution in [3.8, 4) is 0 Å². The molecule has 0 aromatic carbocycles. The van der Waals surface area contributed by atoms with Crippen LogP contribution in [0.15, 0.2) is 0 Å². The number of ether oxygens (including phenoxy) is 2. The lowest BCUT2D eigenvalue weighted by molar-refractivity contribution is 0.0956. The number of methoxy groups -OCH3 is 2. The fraction of sp³-hybridized carbons (Fsp3) is 1.00. The summed E-state index contributed by atoms with van der Waals surface area (Å²) in [5.74, 6) is 0.915. The Hall–Kier alpha value is -0.240. The van der Waals surface area contributed by atoms with Crippen LogP contribution in [-0.4, -0.2) is 126 Å². The second kappa shape index (κ2) is 25.4. The smallest absolute Gasteiger partial charge is 0.0589 e. The summed E-state index contributed by atoms with van der Waals surface area (Å²) in [6, 6.07) is 0. The topological polar surface area (TPSA) is 31.4 Å². The van der Waals surface area contributed by atoms with Crippen LogP contribution in [0.2, 0.25) is 0 Å². The van der Waals surface area contributed by atoms with Crippen molar-refractivity contribution in [2.45, 2.75) is 79.6 Å². The van der Waals surface area contributed by atoms with Gasteiger partial charge in [0.1, 0.15) is 0 Å². The Kier molecular flexibility index (Phi) is 25.2. The highest BCUT2D eigenvalue weighted by atomic mass is 16.5. The van der Waals surface area contributed by atoms with Gasteiger partial charge in [-0.15, -0.1) is 0 Å². The summed E-state index contributed by atoms with van der Waals surface area (Å²) in [4.78, 5) is 10.2. The Morgan fingerprint density at radius 1 is 0.543 bits per heavy atom. The molecule has 2 heterocycles. The van der Waals surface area contributed by atoms with E-state index in [2.05, 4.69) is 40.4 Å². The van der Waals surface area contributed by atoms with Crippen molar-refractivity contribution in [3.05, 3.63) is 0 Å². The molecular formula is C29H64N4O2. The SMILES string of the molecule is CC.CCCC(C)CCCN1CCN(CCOC)CC1.CCCCCN1CCN(CCOC)CC1. The Balaban J connectivity index is 0.000000625. The molecule has 0 aliphatic carbocycles. The van der Waals surface area contributed by atoms with Gasteiger partial charge in [0, 0.05) is 79.7 Å². The van der Waals surface area contributed by atoms with E-state index in [0.29, 0.717) is 0 Å². The molecule has 2 aliphatic heterocycles. The summed E-state index contributed by atoms with van der Waals surface area (Å²) >= 11 is 0. The van der Waals surface area contributed by atoms with Gasteiger partial charge in [0.05, 0.1) is 13.2 Å². The maximum atomic E-state index is 5.13. The van der Waals surface area contributed by atoms with Gasteiger partial charge < -0.3 is 19.3 Å². The standard InChI is InChI=1S/C15H32N2O.C12H26N2O.C2H6/c1-4-6-15(2)7-5-8-16-9-11-17(12-10-16)13-14-18-3;1-3-4-5-6-13-7-9-14(10-8-13)11-12-15-2;1-2/h15H,4-14H2,1-3H3;3-12H2,1-2H3;1-2H3. The van der Waals surface area contributed by atoms with E-state index in [1.165, 1.54) is 110 Å². The van der Waals surface area contributed by atoms with Gasteiger partial charge >= 0.3 is 0 Å². The second-order valence-corrected chi connectivity index (χ2v) is 10.1. The quantitative estimate of drug-likeness (QED) is 0.279.